The van der Waals surface area contributed by atoms with Crippen LogP contribution in [0.15, 0.2) is 0 Å². The van der Waals surface area contributed by atoms with Gasteiger partial charge in [-0.2, -0.15) is 11.8 Å². The molecule has 0 aromatic carbocycles. The lowest BCUT2D eigenvalue weighted by Gasteiger charge is -2.35. The van der Waals surface area contributed by atoms with Crippen molar-refractivity contribution in [3.63, 3.8) is 0 Å². The van der Waals surface area contributed by atoms with Crippen LogP contribution in [-0.4, -0.2) is 41.4 Å². The van der Waals surface area contributed by atoms with E-state index < -0.39 is 0 Å². The second kappa shape index (κ2) is 7.13. The third-order valence-electron chi connectivity index (χ3n) is 3.07. The summed E-state index contributed by atoms with van der Waals surface area (Å²) in [5.74, 6) is 1.30. The lowest BCUT2D eigenvalue weighted by molar-refractivity contribution is 0.201. The summed E-state index contributed by atoms with van der Waals surface area (Å²) in [5.41, 5.74) is 0. The zero-order valence-corrected chi connectivity index (χ0v) is 11.7. The largest absolute Gasteiger partial charge is 0.302 e. The Morgan fingerprint density at radius 1 is 1.36 bits per heavy atom. The average Bonchev–Trinajstić information content (AvgIpc) is 2.18. The van der Waals surface area contributed by atoms with Crippen molar-refractivity contribution in [2.24, 2.45) is 0 Å². The molecular weight excluding hydrogens is 258 g/mol. The highest BCUT2D eigenvalue weighted by molar-refractivity contribution is 9.09. The number of hydrogen-bond acceptors (Lipinski definition) is 2. The SMILES string of the molecule is CSCCCN(C)C1CCCCC1Br. The van der Waals surface area contributed by atoms with Crippen molar-refractivity contribution in [1.29, 1.82) is 0 Å². The minimum Gasteiger partial charge on any atom is -0.302 e. The second-order valence-corrected chi connectivity index (χ2v) is 6.36. The summed E-state index contributed by atoms with van der Waals surface area (Å²) >= 11 is 5.77. The summed E-state index contributed by atoms with van der Waals surface area (Å²) in [6.45, 7) is 1.26. The Morgan fingerprint density at radius 3 is 2.71 bits per heavy atom. The lowest BCUT2D eigenvalue weighted by atomic mass is 9.94. The van der Waals surface area contributed by atoms with Crippen molar-refractivity contribution in [2.75, 3.05) is 25.6 Å². The third-order valence-corrected chi connectivity index (χ3v) is 4.84. The van der Waals surface area contributed by atoms with Crippen LogP contribution in [0.3, 0.4) is 0 Å². The first kappa shape index (κ1) is 12.9. The van der Waals surface area contributed by atoms with E-state index >= 15 is 0 Å². The molecule has 0 saturated heterocycles. The molecule has 14 heavy (non-hydrogen) atoms. The monoisotopic (exact) mass is 279 g/mol. The predicted molar refractivity (Wildman–Crippen MR) is 70.6 cm³/mol. The molecular formula is C11H22BrNS. The maximum absolute atomic E-state index is 3.82. The molecule has 1 rings (SSSR count). The van der Waals surface area contributed by atoms with Gasteiger partial charge in [0.25, 0.3) is 0 Å². The van der Waals surface area contributed by atoms with Gasteiger partial charge in [-0.3, -0.25) is 0 Å². The van der Waals surface area contributed by atoms with Crippen LogP contribution < -0.4 is 0 Å². The lowest BCUT2D eigenvalue weighted by Crippen LogP contribution is -2.41. The summed E-state index contributed by atoms with van der Waals surface area (Å²) in [7, 11) is 2.28. The van der Waals surface area contributed by atoms with E-state index in [1.54, 1.807) is 0 Å². The highest BCUT2D eigenvalue weighted by Crippen LogP contribution is 2.27. The van der Waals surface area contributed by atoms with E-state index in [1.807, 2.05) is 11.8 Å². The molecule has 0 bridgehead atoms. The van der Waals surface area contributed by atoms with E-state index in [0.717, 1.165) is 10.9 Å². The van der Waals surface area contributed by atoms with Gasteiger partial charge in [0.2, 0.25) is 0 Å². The van der Waals surface area contributed by atoms with Crippen molar-refractivity contribution < 1.29 is 0 Å². The number of rotatable bonds is 5. The smallest absolute Gasteiger partial charge is 0.0301 e. The standard InChI is InChI=1S/C11H22BrNS/c1-13(8-5-9-14-2)11-7-4-3-6-10(11)12/h10-11H,3-9H2,1-2H3. The molecule has 0 spiro atoms. The summed E-state index contributed by atoms with van der Waals surface area (Å²) in [5, 5.41) is 0. The Kier molecular flexibility index (Phi) is 6.55. The van der Waals surface area contributed by atoms with Gasteiger partial charge in [0.15, 0.2) is 0 Å². The van der Waals surface area contributed by atoms with Gasteiger partial charge in [-0.25, -0.2) is 0 Å². The molecule has 84 valence electrons. The fourth-order valence-electron chi connectivity index (χ4n) is 2.19. The third kappa shape index (κ3) is 4.11. The van der Waals surface area contributed by atoms with E-state index in [4.69, 9.17) is 0 Å². The first-order valence-corrected chi connectivity index (χ1v) is 7.90. The molecule has 0 amide bonds. The van der Waals surface area contributed by atoms with Crippen molar-refractivity contribution in [1.82, 2.24) is 4.90 Å². The highest BCUT2D eigenvalue weighted by atomic mass is 79.9. The molecule has 0 heterocycles. The van der Waals surface area contributed by atoms with Crippen LogP contribution in [0.5, 0.6) is 0 Å². The number of alkyl halides is 1. The summed E-state index contributed by atoms with van der Waals surface area (Å²) in [6, 6.07) is 0.783. The van der Waals surface area contributed by atoms with Gasteiger partial charge in [0.1, 0.15) is 0 Å². The van der Waals surface area contributed by atoms with Gasteiger partial charge in [-0.1, -0.05) is 28.8 Å². The molecule has 1 aliphatic carbocycles. The second-order valence-electron chi connectivity index (χ2n) is 4.19. The van der Waals surface area contributed by atoms with Crippen LogP contribution in [0.2, 0.25) is 0 Å². The Labute approximate surface area is 101 Å². The van der Waals surface area contributed by atoms with Gasteiger partial charge in [-0.15, -0.1) is 0 Å². The molecule has 1 nitrogen and oxygen atoms in total. The molecule has 0 N–H and O–H groups in total. The fraction of sp³-hybridized carbons (Fsp3) is 1.00. The minimum absolute atomic E-state index is 0.732. The molecule has 0 radical (unpaired) electrons. The average molecular weight is 280 g/mol. The number of hydrogen-bond donors (Lipinski definition) is 0. The zero-order valence-electron chi connectivity index (χ0n) is 9.34. The molecule has 0 aromatic heterocycles. The molecule has 2 atom stereocenters. The number of thioether (sulfide) groups is 1. The van der Waals surface area contributed by atoms with E-state index in [2.05, 4.69) is 34.1 Å². The van der Waals surface area contributed by atoms with E-state index in [-0.39, 0.29) is 0 Å². The topological polar surface area (TPSA) is 3.24 Å². The quantitative estimate of drug-likeness (QED) is 0.561. The van der Waals surface area contributed by atoms with Crippen molar-refractivity contribution in [2.45, 2.75) is 43.0 Å². The maximum atomic E-state index is 3.82. The Morgan fingerprint density at radius 2 is 2.07 bits per heavy atom. The fourth-order valence-corrected chi connectivity index (χ4v) is 3.60. The first-order valence-electron chi connectivity index (χ1n) is 5.59. The van der Waals surface area contributed by atoms with Crippen LogP contribution in [-0.2, 0) is 0 Å². The zero-order chi connectivity index (χ0) is 10.4. The van der Waals surface area contributed by atoms with E-state index in [1.165, 1.54) is 44.4 Å². The van der Waals surface area contributed by atoms with E-state index in [9.17, 15) is 0 Å². The van der Waals surface area contributed by atoms with Crippen LogP contribution >= 0.6 is 27.7 Å². The minimum atomic E-state index is 0.732. The Hall–Kier alpha value is 0.790. The summed E-state index contributed by atoms with van der Waals surface area (Å²) in [6.07, 6.45) is 9.08. The molecule has 1 fully saturated rings. The molecule has 1 saturated carbocycles. The van der Waals surface area contributed by atoms with Gasteiger partial charge >= 0.3 is 0 Å². The van der Waals surface area contributed by atoms with Crippen LogP contribution in [0.4, 0.5) is 0 Å². The molecule has 0 aromatic rings. The van der Waals surface area contributed by atoms with Gasteiger partial charge in [-0.05, 0) is 44.9 Å². The van der Waals surface area contributed by atoms with Crippen LogP contribution in [0.25, 0.3) is 0 Å². The van der Waals surface area contributed by atoms with Crippen molar-refractivity contribution in [3.05, 3.63) is 0 Å². The Bertz CT molecular complexity index is 154. The summed E-state index contributed by atoms with van der Waals surface area (Å²) in [4.78, 5) is 3.28. The molecule has 2 unspecified atom stereocenters. The van der Waals surface area contributed by atoms with Crippen molar-refractivity contribution in [3.8, 4) is 0 Å². The van der Waals surface area contributed by atoms with Gasteiger partial charge in [0.05, 0.1) is 0 Å². The van der Waals surface area contributed by atoms with Gasteiger partial charge in [0, 0.05) is 10.9 Å². The highest BCUT2D eigenvalue weighted by Gasteiger charge is 2.25. The van der Waals surface area contributed by atoms with Gasteiger partial charge < -0.3 is 4.90 Å². The summed E-state index contributed by atoms with van der Waals surface area (Å²) < 4.78 is 0. The molecule has 0 aliphatic heterocycles. The van der Waals surface area contributed by atoms with E-state index in [0.29, 0.717) is 0 Å². The Balaban J connectivity index is 2.23. The number of halogens is 1. The maximum Gasteiger partial charge on any atom is 0.0301 e. The normalized spacial score (nSPS) is 28.3. The molecule has 3 heteroatoms. The van der Waals surface area contributed by atoms with Crippen LogP contribution in [0, 0.1) is 0 Å². The molecule has 1 aliphatic rings. The number of nitrogens with zero attached hydrogens (tertiary/aromatic N) is 1. The van der Waals surface area contributed by atoms with Crippen molar-refractivity contribution >= 4 is 27.7 Å². The predicted octanol–water partition coefficient (Wildman–Crippen LogP) is 3.38. The van der Waals surface area contributed by atoms with Crippen LogP contribution in [0.1, 0.15) is 32.1 Å². The first-order chi connectivity index (χ1) is 6.75.